The fourth-order valence-corrected chi connectivity index (χ4v) is 4.64. The van der Waals surface area contributed by atoms with Gasteiger partial charge in [-0.2, -0.15) is 0 Å². The summed E-state index contributed by atoms with van der Waals surface area (Å²) in [6.07, 6.45) is 7.52. The van der Waals surface area contributed by atoms with Gasteiger partial charge in [-0.25, -0.2) is 9.37 Å². The van der Waals surface area contributed by atoms with E-state index in [9.17, 15) is 4.39 Å². The number of rotatable bonds is 3. The minimum absolute atomic E-state index is 0.0946. The molecule has 2 saturated heterocycles. The Morgan fingerprint density at radius 3 is 2.70 bits per heavy atom. The molecule has 1 N–H and O–H groups in total. The molecule has 5 rings (SSSR count). The van der Waals surface area contributed by atoms with Crippen molar-refractivity contribution in [2.24, 2.45) is 0 Å². The summed E-state index contributed by atoms with van der Waals surface area (Å²) in [7, 11) is 0. The zero-order chi connectivity index (χ0) is 18.2. The third-order valence-corrected chi connectivity index (χ3v) is 6.04. The topological polar surface area (TPSA) is 35.2 Å². The highest BCUT2D eigenvalue weighted by Crippen LogP contribution is 2.38. The average Bonchev–Trinajstić information content (AvgIpc) is 3.37. The minimum atomic E-state index is -0.0946. The van der Waals surface area contributed by atoms with Crippen LogP contribution in [0, 0.1) is 5.82 Å². The predicted molar refractivity (Wildman–Crippen MR) is 108 cm³/mol. The van der Waals surface area contributed by atoms with Crippen LogP contribution in [0.2, 0.25) is 0 Å². The molecule has 0 saturated carbocycles. The number of H-pyrrole nitrogens is 1. The van der Waals surface area contributed by atoms with Crippen LogP contribution in [-0.2, 0) is 0 Å². The summed E-state index contributed by atoms with van der Waals surface area (Å²) >= 11 is 0. The highest BCUT2D eigenvalue weighted by atomic mass is 19.1. The summed E-state index contributed by atoms with van der Waals surface area (Å²) in [4.78, 5) is 12.1. The highest BCUT2D eigenvalue weighted by molar-refractivity contribution is 5.75. The van der Waals surface area contributed by atoms with Gasteiger partial charge in [0.15, 0.2) is 0 Å². The first-order valence-electron chi connectivity index (χ1n) is 10.0. The van der Waals surface area contributed by atoms with Crippen LogP contribution in [0.3, 0.4) is 0 Å². The van der Waals surface area contributed by atoms with Gasteiger partial charge in [0, 0.05) is 25.3 Å². The summed E-state index contributed by atoms with van der Waals surface area (Å²) in [5, 5.41) is 0. The van der Waals surface area contributed by atoms with E-state index < -0.39 is 0 Å². The molecular formula is C22H25FN4. The van der Waals surface area contributed by atoms with E-state index in [-0.39, 0.29) is 11.9 Å². The SMILES string of the molecule is Fc1cc(N2CCC[C@@H]2c2ccc3[nH]cnc3c2)ccc1N1CCCCC1. The molecule has 5 heteroatoms. The van der Waals surface area contributed by atoms with Crippen molar-refractivity contribution in [3.63, 3.8) is 0 Å². The second kappa shape index (κ2) is 6.87. The summed E-state index contributed by atoms with van der Waals surface area (Å²) in [6.45, 7) is 2.89. The number of piperidine rings is 1. The number of hydrogen-bond acceptors (Lipinski definition) is 3. The van der Waals surface area contributed by atoms with E-state index in [1.165, 1.54) is 12.0 Å². The van der Waals surface area contributed by atoms with Crippen molar-refractivity contribution in [2.75, 3.05) is 29.4 Å². The lowest BCUT2D eigenvalue weighted by molar-refractivity contribution is 0.556. The van der Waals surface area contributed by atoms with E-state index >= 15 is 0 Å². The van der Waals surface area contributed by atoms with Crippen LogP contribution < -0.4 is 9.80 Å². The van der Waals surface area contributed by atoms with Crippen LogP contribution in [0.25, 0.3) is 11.0 Å². The van der Waals surface area contributed by atoms with E-state index in [1.807, 2.05) is 6.07 Å². The zero-order valence-electron chi connectivity index (χ0n) is 15.5. The van der Waals surface area contributed by atoms with Gasteiger partial charge in [-0.05, 0) is 68.0 Å². The Labute approximate surface area is 159 Å². The number of aromatic amines is 1. The van der Waals surface area contributed by atoms with Crippen molar-refractivity contribution < 1.29 is 4.39 Å². The molecule has 0 unspecified atom stereocenters. The first kappa shape index (κ1) is 16.6. The van der Waals surface area contributed by atoms with Gasteiger partial charge >= 0.3 is 0 Å². The number of benzene rings is 2. The minimum Gasteiger partial charge on any atom is -0.369 e. The maximum absolute atomic E-state index is 14.9. The second-order valence-corrected chi connectivity index (χ2v) is 7.71. The van der Waals surface area contributed by atoms with Gasteiger partial charge in [-0.15, -0.1) is 0 Å². The van der Waals surface area contributed by atoms with Crippen molar-refractivity contribution in [1.82, 2.24) is 9.97 Å². The van der Waals surface area contributed by atoms with E-state index in [0.717, 1.165) is 67.7 Å². The maximum atomic E-state index is 14.9. The molecule has 1 atom stereocenters. The summed E-state index contributed by atoms with van der Waals surface area (Å²) in [5.41, 5.74) is 5.05. The predicted octanol–water partition coefficient (Wildman–Crippen LogP) is 5.03. The number of nitrogens with zero attached hydrogens (tertiary/aromatic N) is 3. The van der Waals surface area contributed by atoms with Gasteiger partial charge in [0.05, 0.1) is 29.1 Å². The van der Waals surface area contributed by atoms with Gasteiger partial charge < -0.3 is 14.8 Å². The molecule has 0 spiro atoms. The van der Waals surface area contributed by atoms with Crippen LogP contribution in [0.15, 0.2) is 42.7 Å². The molecule has 27 heavy (non-hydrogen) atoms. The molecule has 3 aromatic rings. The Morgan fingerprint density at radius 2 is 1.85 bits per heavy atom. The molecule has 0 aliphatic carbocycles. The third kappa shape index (κ3) is 3.05. The molecule has 0 bridgehead atoms. The standard InChI is InChI=1S/C22H25FN4/c23-18-14-17(7-9-22(18)26-10-2-1-3-11-26)27-12-4-5-21(27)16-6-8-19-20(13-16)25-15-24-19/h6-9,13-15,21H,1-5,10-12H2,(H,24,25)/t21-/m1/s1. The van der Waals surface area contributed by atoms with Crippen molar-refractivity contribution in [3.8, 4) is 0 Å². The van der Waals surface area contributed by atoms with E-state index in [4.69, 9.17) is 0 Å². The van der Waals surface area contributed by atoms with Gasteiger partial charge in [-0.3, -0.25) is 0 Å². The van der Waals surface area contributed by atoms with Crippen LogP contribution >= 0.6 is 0 Å². The lowest BCUT2D eigenvalue weighted by atomic mass is 10.0. The normalized spacial score (nSPS) is 20.6. The number of anilines is 2. The Hall–Kier alpha value is -2.56. The molecule has 2 aliphatic heterocycles. The Morgan fingerprint density at radius 1 is 0.963 bits per heavy atom. The molecule has 0 radical (unpaired) electrons. The number of nitrogens with one attached hydrogen (secondary N) is 1. The summed E-state index contributed by atoms with van der Waals surface area (Å²) in [6, 6.07) is 12.5. The quantitative estimate of drug-likeness (QED) is 0.708. The molecule has 3 heterocycles. The zero-order valence-corrected chi connectivity index (χ0v) is 15.5. The molecule has 2 aromatic carbocycles. The monoisotopic (exact) mass is 364 g/mol. The number of hydrogen-bond donors (Lipinski definition) is 1. The van der Waals surface area contributed by atoms with E-state index in [2.05, 4.69) is 44.0 Å². The lowest BCUT2D eigenvalue weighted by Gasteiger charge is -2.31. The van der Waals surface area contributed by atoms with Gasteiger partial charge in [0.2, 0.25) is 0 Å². The van der Waals surface area contributed by atoms with Gasteiger partial charge in [0.1, 0.15) is 5.82 Å². The summed E-state index contributed by atoms with van der Waals surface area (Å²) in [5.74, 6) is -0.0946. The van der Waals surface area contributed by atoms with Crippen LogP contribution in [0.4, 0.5) is 15.8 Å². The van der Waals surface area contributed by atoms with Crippen molar-refractivity contribution >= 4 is 22.4 Å². The van der Waals surface area contributed by atoms with E-state index in [1.54, 1.807) is 12.4 Å². The Bertz CT molecular complexity index is 944. The largest absolute Gasteiger partial charge is 0.369 e. The van der Waals surface area contributed by atoms with Crippen LogP contribution in [0.5, 0.6) is 0 Å². The molecular weight excluding hydrogens is 339 g/mol. The fraction of sp³-hybridized carbons (Fsp3) is 0.409. The van der Waals surface area contributed by atoms with Crippen LogP contribution in [0.1, 0.15) is 43.7 Å². The smallest absolute Gasteiger partial charge is 0.148 e. The highest BCUT2D eigenvalue weighted by Gasteiger charge is 2.27. The molecule has 140 valence electrons. The molecule has 2 aliphatic rings. The number of imidazole rings is 1. The summed E-state index contributed by atoms with van der Waals surface area (Å²) < 4.78 is 14.9. The Kier molecular flexibility index (Phi) is 4.23. The van der Waals surface area contributed by atoms with Crippen molar-refractivity contribution in [1.29, 1.82) is 0 Å². The lowest BCUT2D eigenvalue weighted by Crippen LogP contribution is -2.30. The van der Waals surface area contributed by atoms with Gasteiger partial charge in [0.25, 0.3) is 0 Å². The van der Waals surface area contributed by atoms with E-state index in [0.29, 0.717) is 0 Å². The number of fused-ring (bicyclic) bond motifs is 1. The van der Waals surface area contributed by atoms with Crippen LogP contribution in [-0.4, -0.2) is 29.6 Å². The van der Waals surface area contributed by atoms with Gasteiger partial charge in [-0.1, -0.05) is 6.07 Å². The molecule has 4 nitrogen and oxygen atoms in total. The molecule has 1 aromatic heterocycles. The molecule has 2 fully saturated rings. The fourth-order valence-electron chi connectivity index (χ4n) is 4.64. The first-order valence-corrected chi connectivity index (χ1v) is 10.0. The first-order chi connectivity index (χ1) is 13.3. The third-order valence-electron chi connectivity index (χ3n) is 6.04. The maximum Gasteiger partial charge on any atom is 0.148 e. The second-order valence-electron chi connectivity index (χ2n) is 7.71. The number of aromatic nitrogens is 2. The Balaban J connectivity index is 1.43. The average molecular weight is 364 g/mol. The van der Waals surface area contributed by atoms with Crippen molar-refractivity contribution in [2.45, 2.75) is 38.1 Å². The molecule has 0 amide bonds. The van der Waals surface area contributed by atoms with Crippen molar-refractivity contribution in [3.05, 3.63) is 54.1 Å². The number of halogens is 1.